The van der Waals surface area contributed by atoms with Crippen LogP contribution < -0.4 is 15.5 Å². The normalized spacial score (nSPS) is 27.0. The average Bonchev–Trinajstić information content (AvgIpc) is 3.37. The van der Waals surface area contributed by atoms with Gasteiger partial charge in [0.15, 0.2) is 0 Å². The molecule has 142 valence electrons. The molecule has 2 aromatic heterocycles. The quantitative estimate of drug-likeness (QED) is 0.815. The molecule has 0 atom stereocenters. The Morgan fingerprint density at radius 2 is 2.00 bits per heavy atom. The van der Waals surface area contributed by atoms with Gasteiger partial charge in [-0.15, -0.1) is 0 Å². The molecule has 2 aliphatic carbocycles. The lowest BCUT2D eigenvalue weighted by Gasteiger charge is -2.36. The molecule has 2 saturated heterocycles. The topological polar surface area (TPSA) is 78.9 Å². The molecular formula is C20H27N7. The van der Waals surface area contributed by atoms with Gasteiger partial charge in [0.25, 0.3) is 0 Å². The van der Waals surface area contributed by atoms with Crippen molar-refractivity contribution in [2.45, 2.75) is 50.5 Å². The minimum absolute atomic E-state index is 0.412. The van der Waals surface area contributed by atoms with Gasteiger partial charge in [-0.05, 0) is 38.8 Å². The Kier molecular flexibility index (Phi) is 4.19. The minimum Gasteiger partial charge on any atom is -0.337 e. The van der Waals surface area contributed by atoms with E-state index in [4.69, 9.17) is 4.98 Å². The molecule has 2 aromatic rings. The summed E-state index contributed by atoms with van der Waals surface area (Å²) in [6.45, 7) is 2.12. The minimum atomic E-state index is 0.412. The molecule has 2 aliphatic heterocycles. The monoisotopic (exact) mass is 365 g/mol. The van der Waals surface area contributed by atoms with Gasteiger partial charge in [-0.3, -0.25) is 0 Å². The van der Waals surface area contributed by atoms with Crippen molar-refractivity contribution >= 4 is 17.6 Å². The van der Waals surface area contributed by atoms with E-state index >= 15 is 0 Å². The summed E-state index contributed by atoms with van der Waals surface area (Å²) in [5, 5.41) is 6.69. The van der Waals surface area contributed by atoms with Crippen molar-refractivity contribution in [2.75, 3.05) is 30.4 Å². The number of aromatic nitrogens is 4. The molecule has 0 radical (unpaired) electrons. The van der Waals surface area contributed by atoms with E-state index in [1.165, 1.54) is 38.5 Å². The third-order valence-corrected chi connectivity index (χ3v) is 6.45. The molecule has 2 bridgehead atoms. The van der Waals surface area contributed by atoms with Crippen molar-refractivity contribution in [2.24, 2.45) is 5.41 Å². The van der Waals surface area contributed by atoms with Gasteiger partial charge in [0.1, 0.15) is 18.0 Å². The first-order chi connectivity index (χ1) is 13.2. The fourth-order valence-electron chi connectivity index (χ4n) is 5.16. The number of fused-ring (bicyclic) bond motifs is 1. The Morgan fingerprint density at radius 3 is 2.81 bits per heavy atom. The lowest BCUT2D eigenvalue weighted by molar-refractivity contribution is 0.196. The zero-order chi connectivity index (χ0) is 18.3. The summed E-state index contributed by atoms with van der Waals surface area (Å²) in [6.07, 6.45) is 11.1. The second-order valence-electron chi connectivity index (χ2n) is 8.40. The highest BCUT2D eigenvalue weighted by Gasteiger charge is 2.55. The molecule has 4 aliphatic rings. The van der Waals surface area contributed by atoms with Gasteiger partial charge < -0.3 is 15.5 Å². The van der Waals surface area contributed by atoms with E-state index in [1.54, 1.807) is 6.33 Å². The van der Waals surface area contributed by atoms with Gasteiger partial charge in [0.2, 0.25) is 5.95 Å². The van der Waals surface area contributed by atoms with E-state index < -0.39 is 0 Å². The Bertz CT molecular complexity index is 811. The van der Waals surface area contributed by atoms with Crippen molar-refractivity contribution in [1.82, 2.24) is 25.3 Å². The molecule has 2 saturated carbocycles. The summed E-state index contributed by atoms with van der Waals surface area (Å²) in [6, 6.07) is 4.57. The van der Waals surface area contributed by atoms with E-state index in [-0.39, 0.29) is 0 Å². The van der Waals surface area contributed by atoms with Crippen LogP contribution in [0.2, 0.25) is 0 Å². The van der Waals surface area contributed by atoms with Crippen LogP contribution in [0.1, 0.15) is 50.1 Å². The maximum Gasteiger partial charge on any atom is 0.227 e. The summed E-state index contributed by atoms with van der Waals surface area (Å²) in [7, 11) is 2.04. The van der Waals surface area contributed by atoms with Crippen LogP contribution in [0.25, 0.3) is 0 Å². The first kappa shape index (κ1) is 16.9. The van der Waals surface area contributed by atoms with Crippen molar-refractivity contribution in [3.05, 3.63) is 30.4 Å². The maximum absolute atomic E-state index is 4.77. The summed E-state index contributed by atoms with van der Waals surface area (Å²) in [5.41, 5.74) is 1.56. The molecule has 6 rings (SSSR count). The van der Waals surface area contributed by atoms with Crippen LogP contribution in [0.5, 0.6) is 0 Å². The summed E-state index contributed by atoms with van der Waals surface area (Å²) in [5.74, 6) is 3.01. The highest BCUT2D eigenvalue weighted by molar-refractivity contribution is 5.54. The number of anilines is 3. The van der Waals surface area contributed by atoms with Crippen LogP contribution in [0.15, 0.2) is 24.7 Å². The van der Waals surface area contributed by atoms with Crippen LogP contribution in [0.3, 0.4) is 0 Å². The van der Waals surface area contributed by atoms with E-state index in [0.29, 0.717) is 17.4 Å². The zero-order valence-corrected chi connectivity index (χ0v) is 15.9. The Hall–Kier alpha value is -2.28. The fourth-order valence-corrected chi connectivity index (χ4v) is 5.16. The Labute approximate surface area is 160 Å². The summed E-state index contributed by atoms with van der Waals surface area (Å²) < 4.78 is 0. The van der Waals surface area contributed by atoms with E-state index in [2.05, 4.69) is 36.6 Å². The third-order valence-electron chi connectivity index (χ3n) is 6.45. The molecule has 7 nitrogen and oxygen atoms in total. The Morgan fingerprint density at radius 1 is 1.15 bits per heavy atom. The van der Waals surface area contributed by atoms with Gasteiger partial charge in [0.05, 0.1) is 0 Å². The van der Waals surface area contributed by atoms with E-state index in [0.717, 1.165) is 36.4 Å². The predicted octanol–water partition coefficient (Wildman–Crippen LogP) is 2.86. The van der Waals surface area contributed by atoms with Crippen LogP contribution in [-0.4, -0.2) is 46.1 Å². The molecule has 7 heteroatoms. The molecule has 0 aromatic carbocycles. The maximum atomic E-state index is 4.77. The highest BCUT2D eigenvalue weighted by atomic mass is 15.3. The molecule has 4 heterocycles. The second-order valence-corrected chi connectivity index (χ2v) is 8.40. The lowest BCUT2D eigenvalue weighted by Crippen LogP contribution is -2.41. The largest absolute Gasteiger partial charge is 0.337 e. The second kappa shape index (κ2) is 6.71. The van der Waals surface area contributed by atoms with Crippen LogP contribution >= 0.6 is 0 Å². The Balaban J connectivity index is 1.31. The molecule has 4 fully saturated rings. The van der Waals surface area contributed by atoms with Crippen LogP contribution in [0.4, 0.5) is 17.6 Å². The fraction of sp³-hybridized carbons (Fsp3) is 0.600. The first-order valence-corrected chi connectivity index (χ1v) is 10.1. The van der Waals surface area contributed by atoms with Gasteiger partial charge in [-0.25, -0.2) is 15.0 Å². The van der Waals surface area contributed by atoms with Crippen molar-refractivity contribution in [1.29, 1.82) is 0 Å². The standard InChI is InChI=1S/C20H27N7/c1-21-11-20-9-15(10-20)27(12-20)19-22-7-6-17(26-19)25-18-8-16(23-13-24-18)14-4-2-3-5-14/h6-8,13-15,21H,2-5,9-12H2,1H3,(H,22,23,24,25,26). The number of rotatable bonds is 6. The van der Waals surface area contributed by atoms with Crippen LogP contribution in [-0.2, 0) is 0 Å². The van der Waals surface area contributed by atoms with Crippen LogP contribution in [0, 0.1) is 5.41 Å². The first-order valence-electron chi connectivity index (χ1n) is 10.1. The van der Waals surface area contributed by atoms with E-state index in [1.807, 2.05) is 19.3 Å². The number of nitrogens with one attached hydrogen (secondary N) is 2. The van der Waals surface area contributed by atoms with Crippen molar-refractivity contribution < 1.29 is 0 Å². The predicted molar refractivity (Wildman–Crippen MR) is 105 cm³/mol. The van der Waals surface area contributed by atoms with Gasteiger partial charge in [-0.1, -0.05) is 12.8 Å². The van der Waals surface area contributed by atoms with Gasteiger partial charge in [-0.2, -0.15) is 4.98 Å². The third kappa shape index (κ3) is 3.14. The van der Waals surface area contributed by atoms with E-state index in [9.17, 15) is 0 Å². The number of nitrogens with zero attached hydrogens (tertiary/aromatic N) is 5. The van der Waals surface area contributed by atoms with Gasteiger partial charge >= 0.3 is 0 Å². The number of hydrogen-bond acceptors (Lipinski definition) is 7. The molecule has 0 spiro atoms. The molecule has 0 unspecified atom stereocenters. The number of hydrogen-bond donors (Lipinski definition) is 2. The smallest absolute Gasteiger partial charge is 0.227 e. The van der Waals surface area contributed by atoms with Gasteiger partial charge in [0, 0.05) is 48.4 Å². The summed E-state index contributed by atoms with van der Waals surface area (Å²) >= 11 is 0. The molecule has 0 amide bonds. The highest BCUT2D eigenvalue weighted by Crippen LogP contribution is 2.52. The summed E-state index contributed by atoms with van der Waals surface area (Å²) in [4.78, 5) is 20.5. The average molecular weight is 365 g/mol. The zero-order valence-electron chi connectivity index (χ0n) is 15.9. The molecule has 27 heavy (non-hydrogen) atoms. The van der Waals surface area contributed by atoms with Crippen molar-refractivity contribution in [3.63, 3.8) is 0 Å². The SMILES string of the molecule is CNCC12CC(C1)N(c1nccc(Nc3cc(C4CCCC4)ncn3)n1)C2. The molecular weight excluding hydrogens is 338 g/mol. The lowest BCUT2D eigenvalue weighted by atomic mass is 9.70. The van der Waals surface area contributed by atoms with Crippen molar-refractivity contribution in [3.8, 4) is 0 Å². The molecule has 2 N–H and O–H groups in total.